The number of aryl methyl sites for hydroxylation is 1. The number of nitrogens with zero attached hydrogens (tertiary/aromatic N) is 2. The largest absolute Gasteiger partial charge is 0.354 e. The average Bonchev–Trinajstić information content (AvgIpc) is 2.56. The van der Waals surface area contributed by atoms with E-state index in [1.807, 2.05) is 18.2 Å². The molecule has 0 bridgehead atoms. The van der Waals surface area contributed by atoms with Crippen LogP contribution in [-0.4, -0.2) is 4.98 Å². The summed E-state index contributed by atoms with van der Waals surface area (Å²) in [5.74, 6) is -0.293. The van der Waals surface area contributed by atoms with Crippen molar-refractivity contribution in [3.63, 3.8) is 0 Å². The second-order valence-corrected chi connectivity index (χ2v) is 5.00. The smallest absolute Gasteiger partial charge is 0.123 e. The molecule has 5 heteroatoms. The molecule has 0 saturated carbocycles. The van der Waals surface area contributed by atoms with E-state index in [4.69, 9.17) is 0 Å². The number of hydrogen-bond acceptors (Lipinski definition) is 3. The van der Waals surface area contributed by atoms with Crippen LogP contribution in [0, 0.1) is 17.1 Å². The SMILES string of the molecule is CCc1ccc2ncc(C#N)c(Nc3ccc(F)cc3)c2c1.Cl. The van der Waals surface area contributed by atoms with Gasteiger partial charge in [0.25, 0.3) is 0 Å². The van der Waals surface area contributed by atoms with Crippen molar-refractivity contribution < 1.29 is 4.39 Å². The fourth-order valence-corrected chi connectivity index (χ4v) is 2.36. The van der Waals surface area contributed by atoms with E-state index in [1.165, 1.54) is 17.7 Å². The number of aromatic nitrogens is 1. The normalized spacial score (nSPS) is 9.96. The van der Waals surface area contributed by atoms with Crippen LogP contribution in [0.15, 0.2) is 48.7 Å². The van der Waals surface area contributed by atoms with Crippen molar-refractivity contribution in [2.45, 2.75) is 13.3 Å². The Morgan fingerprint density at radius 3 is 2.57 bits per heavy atom. The number of halogens is 2. The minimum absolute atomic E-state index is 0. The van der Waals surface area contributed by atoms with Crippen molar-refractivity contribution in [2.75, 3.05) is 5.32 Å². The molecule has 3 nitrogen and oxygen atoms in total. The van der Waals surface area contributed by atoms with Gasteiger partial charge in [-0.2, -0.15) is 5.26 Å². The molecule has 1 aromatic heterocycles. The highest BCUT2D eigenvalue weighted by molar-refractivity contribution is 5.96. The second-order valence-electron chi connectivity index (χ2n) is 5.00. The molecule has 2 aromatic carbocycles. The van der Waals surface area contributed by atoms with Gasteiger partial charge in [0, 0.05) is 17.3 Å². The standard InChI is InChI=1S/C18H14FN3.ClH/c1-2-12-3-8-17-16(9-12)18(13(10-20)11-21-17)22-15-6-4-14(19)5-7-15;/h3-9,11H,2H2,1H3,(H,21,22);1H. The zero-order chi connectivity index (χ0) is 15.5. The van der Waals surface area contributed by atoms with Gasteiger partial charge in [0.1, 0.15) is 11.9 Å². The first-order chi connectivity index (χ1) is 10.7. The van der Waals surface area contributed by atoms with Crippen LogP contribution in [0.1, 0.15) is 18.1 Å². The van der Waals surface area contributed by atoms with Crippen LogP contribution in [0.2, 0.25) is 0 Å². The number of rotatable bonds is 3. The van der Waals surface area contributed by atoms with Crippen molar-refractivity contribution in [3.05, 3.63) is 65.6 Å². The first-order valence-corrected chi connectivity index (χ1v) is 7.05. The summed E-state index contributed by atoms with van der Waals surface area (Å²) in [7, 11) is 0. The van der Waals surface area contributed by atoms with Crippen molar-refractivity contribution >= 4 is 34.7 Å². The van der Waals surface area contributed by atoms with E-state index < -0.39 is 0 Å². The predicted octanol–water partition coefficient (Wildman–Crippen LogP) is 4.97. The molecule has 1 N–H and O–H groups in total. The van der Waals surface area contributed by atoms with Gasteiger partial charge >= 0.3 is 0 Å². The summed E-state index contributed by atoms with van der Waals surface area (Å²) in [5, 5.41) is 13.4. The van der Waals surface area contributed by atoms with Crippen LogP contribution in [0.3, 0.4) is 0 Å². The molecule has 3 aromatic rings. The predicted molar refractivity (Wildman–Crippen MR) is 92.8 cm³/mol. The summed E-state index contributed by atoms with van der Waals surface area (Å²) < 4.78 is 13.0. The lowest BCUT2D eigenvalue weighted by Gasteiger charge is -2.12. The number of hydrogen-bond donors (Lipinski definition) is 1. The third-order valence-electron chi connectivity index (χ3n) is 3.57. The molecule has 0 aliphatic carbocycles. The monoisotopic (exact) mass is 327 g/mol. The number of anilines is 2. The fourth-order valence-electron chi connectivity index (χ4n) is 2.36. The molecule has 0 atom stereocenters. The Labute approximate surface area is 140 Å². The summed E-state index contributed by atoms with van der Waals surface area (Å²) in [5.41, 5.74) is 3.89. The Balaban J connectivity index is 0.00000192. The second kappa shape index (κ2) is 7.08. The highest BCUT2D eigenvalue weighted by atomic mass is 35.5. The first kappa shape index (κ1) is 16.7. The Kier molecular flexibility index (Phi) is 5.15. The molecule has 3 rings (SSSR count). The number of nitrogens with one attached hydrogen (secondary N) is 1. The maximum Gasteiger partial charge on any atom is 0.123 e. The molecule has 0 spiro atoms. The van der Waals surface area contributed by atoms with Gasteiger partial charge < -0.3 is 5.32 Å². The lowest BCUT2D eigenvalue weighted by molar-refractivity contribution is 0.628. The van der Waals surface area contributed by atoms with E-state index in [0.29, 0.717) is 11.3 Å². The Hall–Kier alpha value is -2.64. The van der Waals surface area contributed by atoms with Gasteiger partial charge in [-0.25, -0.2) is 4.39 Å². The van der Waals surface area contributed by atoms with Gasteiger partial charge in [-0.3, -0.25) is 4.98 Å². The summed E-state index contributed by atoms with van der Waals surface area (Å²) in [6.45, 7) is 2.08. The van der Waals surface area contributed by atoms with Crippen molar-refractivity contribution in [1.29, 1.82) is 5.26 Å². The Morgan fingerprint density at radius 1 is 1.17 bits per heavy atom. The van der Waals surface area contributed by atoms with Crippen LogP contribution >= 0.6 is 12.4 Å². The molecule has 0 fully saturated rings. The molecule has 0 radical (unpaired) electrons. The molecule has 0 aliphatic heterocycles. The highest BCUT2D eigenvalue weighted by Crippen LogP contribution is 2.29. The van der Waals surface area contributed by atoms with Crippen LogP contribution in [0.5, 0.6) is 0 Å². The fraction of sp³-hybridized carbons (Fsp3) is 0.111. The van der Waals surface area contributed by atoms with E-state index in [9.17, 15) is 9.65 Å². The molecule has 0 amide bonds. The van der Waals surface area contributed by atoms with E-state index in [1.54, 1.807) is 18.3 Å². The van der Waals surface area contributed by atoms with Crippen LogP contribution in [0.25, 0.3) is 10.9 Å². The summed E-state index contributed by atoms with van der Waals surface area (Å²) in [4.78, 5) is 4.32. The molecule has 116 valence electrons. The number of fused-ring (bicyclic) bond motifs is 1. The number of pyridine rings is 1. The quantitative estimate of drug-likeness (QED) is 0.738. The number of benzene rings is 2. The minimum atomic E-state index is -0.293. The van der Waals surface area contributed by atoms with Gasteiger partial charge in [-0.1, -0.05) is 13.0 Å². The van der Waals surface area contributed by atoms with Crippen LogP contribution in [-0.2, 0) is 6.42 Å². The van der Waals surface area contributed by atoms with E-state index in [0.717, 1.165) is 23.0 Å². The van der Waals surface area contributed by atoms with Gasteiger partial charge in [-0.15, -0.1) is 12.4 Å². The molecule has 0 saturated heterocycles. The van der Waals surface area contributed by atoms with Crippen LogP contribution in [0.4, 0.5) is 15.8 Å². The van der Waals surface area contributed by atoms with Gasteiger partial charge in [0.05, 0.1) is 16.8 Å². The van der Waals surface area contributed by atoms with Crippen molar-refractivity contribution in [3.8, 4) is 6.07 Å². The van der Waals surface area contributed by atoms with E-state index in [-0.39, 0.29) is 18.2 Å². The van der Waals surface area contributed by atoms with E-state index >= 15 is 0 Å². The highest BCUT2D eigenvalue weighted by Gasteiger charge is 2.10. The molecule has 1 heterocycles. The van der Waals surface area contributed by atoms with Gasteiger partial charge in [0.15, 0.2) is 0 Å². The third-order valence-corrected chi connectivity index (χ3v) is 3.57. The topological polar surface area (TPSA) is 48.7 Å². The molecular weight excluding hydrogens is 313 g/mol. The Bertz CT molecular complexity index is 870. The molecule has 0 unspecified atom stereocenters. The van der Waals surface area contributed by atoms with Crippen LogP contribution < -0.4 is 5.32 Å². The average molecular weight is 328 g/mol. The lowest BCUT2D eigenvalue weighted by atomic mass is 10.1. The maximum absolute atomic E-state index is 13.0. The first-order valence-electron chi connectivity index (χ1n) is 7.05. The zero-order valence-corrected chi connectivity index (χ0v) is 13.3. The summed E-state index contributed by atoms with van der Waals surface area (Å²) in [6, 6.07) is 14.2. The Morgan fingerprint density at radius 2 is 1.91 bits per heavy atom. The van der Waals surface area contributed by atoms with Crippen molar-refractivity contribution in [1.82, 2.24) is 4.98 Å². The molecular formula is C18H15ClFN3. The van der Waals surface area contributed by atoms with Gasteiger partial charge in [0.2, 0.25) is 0 Å². The minimum Gasteiger partial charge on any atom is -0.354 e. The molecule has 0 aliphatic rings. The zero-order valence-electron chi connectivity index (χ0n) is 12.5. The van der Waals surface area contributed by atoms with Gasteiger partial charge in [-0.05, 0) is 48.4 Å². The summed E-state index contributed by atoms with van der Waals surface area (Å²) in [6.07, 6.45) is 2.46. The molecule has 23 heavy (non-hydrogen) atoms. The number of nitriles is 1. The maximum atomic E-state index is 13.0. The third kappa shape index (κ3) is 3.41. The lowest BCUT2D eigenvalue weighted by Crippen LogP contribution is -1.97. The van der Waals surface area contributed by atoms with Crippen molar-refractivity contribution in [2.24, 2.45) is 0 Å². The summed E-state index contributed by atoms with van der Waals surface area (Å²) >= 11 is 0. The van der Waals surface area contributed by atoms with E-state index in [2.05, 4.69) is 23.3 Å².